The quantitative estimate of drug-likeness (QED) is 0.130. The first-order chi connectivity index (χ1) is 18.2. The summed E-state index contributed by atoms with van der Waals surface area (Å²) in [6.07, 6.45) is 14.5. The predicted octanol–water partition coefficient (Wildman–Crippen LogP) is 2.86. The average molecular weight is 534 g/mol. The zero-order chi connectivity index (χ0) is 28.0. The maximum atomic E-state index is 11.8. The molecule has 0 bridgehead atoms. The van der Waals surface area contributed by atoms with Crippen LogP contribution in [0.1, 0.15) is 51.9 Å². The van der Waals surface area contributed by atoms with E-state index in [0.29, 0.717) is 12.3 Å². The predicted molar refractivity (Wildman–Crippen MR) is 144 cm³/mol. The summed E-state index contributed by atoms with van der Waals surface area (Å²) in [5, 5.41) is 45.0. The van der Waals surface area contributed by atoms with Crippen molar-refractivity contribution < 1.29 is 39.5 Å². The molecule has 1 heterocycles. The Bertz CT molecular complexity index is 882. The molecule has 0 aromatic heterocycles. The van der Waals surface area contributed by atoms with Gasteiger partial charge in [0.1, 0.15) is 18.3 Å². The number of carbonyl (C=O) groups excluding carboxylic acids is 2. The third-order valence-corrected chi connectivity index (χ3v) is 6.88. The first-order valence-electron chi connectivity index (χ1n) is 13.4. The minimum Gasteiger partial charge on any atom is -0.454 e. The number of rotatable bonds is 14. The number of esters is 1. The number of ether oxygens (including phenoxy) is 2. The van der Waals surface area contributed by atoms with E-state index < -0.39 is 36.0 Å². The molecule has 0 saturated heterocycles. The average Bonchev–Trinajstić information content (AvgIpc) is 2.89. The second-order valence-corrected chi connectivity index (χ2v) is 9.92. The van der Waals surface area contributed by atoms with E-state index in [1.807, 2.05) is 19.1 Å². The highest BCUT2D eigenvalue weighted by Crippen LogP contribution is 2.27. The van der Waals surface area contributed by atoms with Gasteiger partial charge in [-0.2, -0.15) is 0 Å². The van der Waals surface area contributed by atoms with Gasteiger partial charge in [-0.05, 0) is 44.1 Å². The van der Waals surface area contributed by atoms with Crippen molar-refractivity contribution in [2.75, 3.05) is 13.2 Å². The molecule has 0 spiro atoms. The van der Waals surface area contributed by atoms with Crippen molar-refractivity contribution in [1.82, 2.24) is 5.32 Å². The molecule has 0 aromatic rings. The molecular weight excluding hydrogens is 490 g/mol. The molecule has 1 fully saturated rings. The fourth-order valence-electron chi connectivity index (χ4n) is 4.60. The smallest absolute Gasteiger partial charge is 0.407 e. The van der Waals surface area contributed by atoms with Crippen LogP contribution in [0.4, 0.5) is 4.79 Å². The van der Waals surface area contributed by atoms with E-state index in [1.165, 1.54) is 24.3 Å². The number of allylic oxidation sites excluding steroid dienone is 3. The number of aliphatic hydroxyl groups is 4. The van der Waals surface area contributed by atoms with Gasteiger partial charge in [0.15, 0.2) is 0 Å². The van der Waals surface area contributed by atoms with Crippen LogP contribution >= 0.6 is 0 Å². The number of nitrogens with one attached hydrogen (secondary N) is 1. The SMILES string of the molecule is C=CCOC(=O)NCC[C@@](O)(/C=C/[C@@H]1OC(=O)C=C[C@@H]1CC)[C@H](O)C[C@@H](O)/C=C\C=C/[C@@H]1CCC[C@H](O)C1. The number of alkyl carbamates (subject to hydrolysis) is 1. The van der Waals surface area contributed by atoms with Crippen LogP contribution in [0.25, 0.3) is 0 Å². The number of cyclic esters (lactones) is 1. The maximum absolute atomic E-state index is 11.8. The lowest BCUT2D eigenvalue weighted by Crippen LogP contribution is -2.45. The fourth-order valence-corrected chi connectivity index (χ4v) is 4.60. The first-order valence-corrected chi connectivity index (χ1v) is 13.4. The number of carbonyl (C=O) groups is 2. The molecular formula is C29H43NO8. The van der Waals surface area contributed by atoms with Crippen molar-refractivity contribution in [2.24, 2.45) is 11.8 Å². The molecule has 2 rings (SSSR count). The van der Waals surface area contributed by atoms with E-state index in [4.69, 9.17) is 9.47 Å². The Kier molecular flexibility index (Phi) is 13.5. The molecule has 7 atom stereocenters. The zero-order valence-electron chi connectivity index (χ0n) is 22.2. The maximum Gasteiger partial charge on any atom is 0.407 e. The molecule has 5 N–H and O–H groups in total. The number of amides is 1. The third kappa shape index (κ3) is 10.9. The van der Waals surface area contributed by atoms with Crippen molar-refractivity contribution in [3.05, 3.63) is 61.3 Å². The van der Waals surface area contributed by atoms with Crippen LogP contribution in [0, 0.1) is 11.8 Å². The van der Waals surface area contributed by atoms with Crippen LogP contribution in [-0.4, -0.2) is 75.7 Å². The summed E-state index contributed by atoms with van der Waals surface area (Å²) in [7, 11) is 0. The minimum absolute atomic E-state index is 0.0165. The Morgan fingerprint density at radius 1 is 1.32 bits per heavy atom. The molecule has 1 amide bonds. The van der Waals surface area contributed by atoms with E-state index in [0.717, 1.165) is 25.7 Å². The van der Waals surface area contributed by atoms with Gasteiger partial charge >= 0.3 is 12.1 Å². The van der Waals surface area contributed by atoms with Crippen LogP contribution < -0.4 is 5.32 Å². The lowest BCUT2D eigenvalue weighted by molar-refractivity contribution is -0.143. The molecule has 0 unspecified atom stereocenters. The van der Waals surface area contributed by atoms with Gasteiger partial charge < -0.3 is 35.2 Å². The molecule has 0 radical (unpaired) electrons. The molecule has 1 aliphatic carbocycles. The molecule has 2 aliphatic rings. The lowest BCUT2D eigenvalue weighted by atomic mass is 9.86. The second kappa shape index (κ2) is 16.3. The number of hydrogen-bond acceptors (Lipinski definition) is 8. The van der Waals surface area contributed by atoms with Gasteiger partial charge in [-0.25, -0.2) is 9.59 Å². The van der Waals surface area contributed by atoms with E-state index in [-0.39, 0.29) is 38.0 Å². The Morgan fingerprint density at radius 3 is 2.82 bits per heavy atom. The fraction of sp³-hybridized carbons (Fsp3) is 0.586. The normalized spacial score (nSPS) is 27.2. The Labute approximate surface area is 225 Å². The largest absolute Gasteiger partial charge is 0.454 e. The molecule has 9 nitrogen and oxygen atoms in total. The van der Waals surface area contributed by atoms with Crippen LogP contribution in [-0.2, 0) is 14.3 Å². The summed E-state index contributed by atoms with van der Waals surface area (Å²) in [6.45, 7) is 5.44. The van der Waals surface area contributed by atoms with Crippen molar-refractivity contribution in [1.29, 1.82) is 0 Å². The molecule has 9 heteroatoms. The van der Waals surface area contributed by atoms with E-state index >= 15 is 0 Å². The Balaban J connectivity index is 2.04. The van der Waals surface area contributed by atoms with Crippen molar-refractivity contribution in [3.8, 4) is 0 Å². The van der Waals surface area contributed by atoms with Crippen LogP contribution in [0.5, 0.6) is 0 Å². The van der Waals surface area contributed by atoms with Crippen LogP contribution in [0.2, 0.25) is 0 Å². The topological polar surface area (TPSA) is 146 Å². The van der Waals surface area contributed by atoms with Gasteiger partial charge in [-0.3, -0.25) is 0 Å². The first kappa shape index (κ1) is 31.5. The van der Waals surface area contributed by atoms with Crippen molar-refractivity contribution in [3.63, 3.8) is 0 Å². The van der Waals surface area contributed by atoms with Crippen LogP contribution in [0.3, 0.4) is 0 Å². The Morgan fingerprint density at radius 2 is 2.11 bits per heavy atom. The summed E-state index contributed by atoms with van der Waals surface area (Å²) >= 11 is 0. The second-order valence-electron chi connectivity index (χ2n) is 9.92. The van der Waals surface area contributed by atoms with Gasteiger partial charge in [0.05, 0.1) is 18.3 Å². The molecule has 1 aliphatic heterocycles. The number of hydrogen-bond donors (Lipinski definition) is 5. The van der Waals surface area contributed by atoms with Gasteiger partial charge in [0.2, 0.25) is 0 Å². The van der Waals surface area contributed by atoms with Gasteiger partial charge in [0, 0.05) is 25.0 Å². The van der Waals surface area contributed by atoms with Crippen molar-refractivity contribution >= 4 is 12.1 Å². The standard InChI is InChI=1S/C29H43NO8/c1-3-18-37-28(35)30-17-16-29(36,15-14-25-22(4-2)12-13-27(34)38-25)26(33)20-24(32)10-6-5-8-21-9-7-11-23(31)19-21/h3,5-6,8,10,12-15,21-26,31-33,36H,1,4,7,9,11,16-20H2,2H3,(H,30,35)/b8-5-,10-6-,15-14+/t21-,22+,23+,24+,25+,26-,29+/m1/s1. The van der Waals surface area contributed by atoms with Gasteiger partial charge in [-0.1, -0.05) is 62.5 Å². The lowest BCUT2D eigenvalue weighted by Gasteiger charge is -2.32. The zero-order valence-corrected chi connectivity index (χ0v) is 22.2. The summed E-state index contributed by atoms with van der Waals surface area (Å²) in [5.41, 5.74) is -1.83. The van der Waals surface area contributed by atoms with E-state index in [2.05, 4.69) is 11.9 Å². The van der Waals surface area contributed by atoms with Gasteiger partial charge in [-0.15, -0.1) is 0 Å². The molecule has 1 saturated carbocycles. The highest BCUT2D eigenvalue weighted by atomic mass is 16.5. The molecule has 0 aromatic carbocycles. The van der Waals surface area contributed by atoms with E-state index in [1.54, 1.807) is 18.2 Å². The summed E-state index contributed by atoms with van der Waals surface area (Å²) < 4.78 is 10.2. The van der Waals surface area contributed by atoms with Gasteiger partial charge in [0.25, 0.3) is 0 Å². The van der Waals surface area contributed by atoms with E-state index in [9.17, 15) is 30.0 Å². The van der Waals surface area contributed by atoms with Crippen LogP contribution in [0.15, 0.2) is 61.3 Å². The summed E-state index contributed by atoms with van der Waals surface area (Å²) in [4.78, 5) is 23.5. The summed E-state index contributed by atoms with van der Waals surface area (Å²) in [5.74, 6) is -0.276. The minimum atomic E-state index is -1.83. The third-order valence-electron chi connectivity index (χ3n) is 6.88. The van der Waals surface area contributed by atoms with Crippen molar-refractivity contribution in [2.45, 2.75) is 81.9 Å². The Hall–Kier alpha value is -2.72. The highest BCUT2D eigenvalue weighted by molar-refractivity contribution is 5.83. The monoisotopic (exact) mass is 533 g/mol. The summed E-state index contributed by atoms with van der Waals surface area (Å²) in [6, 6.07) is 0. The molecule has 212 valence electrons. The highest BCUT2D eigenvalue weighted by Gasteiger charge is 2.35. The number of aliphatic hydroxyl groups excluding tert-OH is 3. The molecule has 38 heavy (non-hydrogen) atoms.